The Labute approximate surface area is 121 Å². The van der Waals surface area contributed by atoms with Crippen LogP contribution in [0.3, 0.4) is 0 Å². The van der Waals surface area contributed by atoms with E-state index in [-0.39, 0.29) is 29.0 Å². The third-order valence-corrected chi connectivity index (χ3v) is 4.22. The molecule has 0 N–H and O–H groups in total. The lowest BCUT2D eigenvalue weighted by Crippen LogP contribution is -2.28. The first-order valence-corrected chi connectivity index (χ1v) is 7.26. The van der Waals surface area contributed by atoms with Gasteiger partial charge in [-0.2, -0.15) is 21.6 Å². The monoisotopic (exact) mass is 348 g/mol. The van der Waals surface area contributed by atoms with E-state index in [2.05, 4.69) is 4.18 Å². The van der Waals surface area contributed by atoms with Crippen molar-refractivity contribution < 1.29 is 30.6 Å². The molecule has 4 nitrogen and oxygen atoms in total. The second-order valence-electron chi connectivity index (χ2n) is 3.93. The van der Waals surface area contributed by atoms with Gasteiger partial charge in [-0.3, -0.25) is 4.79 Å². The SMILES string of the molecule is O=C1CCc2c(Cl)cc(Cl)c(OS(=O)(=O)C(F)(F)F)c21. The zero-order chi connectivity index (χ0) is 15.3. The van der Waals surface area contributed by atoms with Crippen molar-refractivity contribution in [3.05, 3.63) is 27.2 Å². The highest BCUT2D eigenvalue weighted by Crippen LogP contribution is 2.42. The summed E-state index contributed by atoms with van der Waals surface area (Å²) in [4.78, 5) is 11.7. The van der Waals surface area contributed by atoms with Gasteiger partial charge in [-0.1, -0.05) is 23.2 Å². The molecule has 0 aliphatic heterocycles. The molecular formula is C10H5Cl2F3O4S. The second kappa shape index (κ2) is 4.78. The Morgan fingerprint density at radius 2 is 1.75 bits per heavy atom. The maximum absolute atomic E-state index is 12.3. The highest BCUT2D eigenvalue weighted by atomic mass is 35.5. The molecule has 0 bridgehead atoms. The minimum absolute atomic E-state index is 0.00216. The summed E-state index contributed by atoms with van der Waals surface area (Å²) in [7, 11) is -5.91. The van der Waals surface area contributed by atoms with E-state index in [9.17, 15) is 26.4 Å². The Morgan fingerprint density at radius 1 is 1.15 bits per heavy atom. The number of fused-ring (bicyclic) bond motifs is 1. The Balaban J connectivity index is 2.60. The fourth-order valence-electron chi connectivity index (χ4n) is 1.78. The first kappa shape index (κ1) is 15.4. The molecule has 0 unspecified atom stereocenters. The van der Waals surface area contributed by atoms with Crippen LogP contribution in [0.2, 0.25) is 10.0 Å². The third kappa shape index (κ3) is 2.47. The zero-order valence-electron chi connectivity index (χ0n) is 9.42. The topological polar surface area (TPSA) is 60.4 Å². The largest absolute Gasteiger partial charge is 0.534 e. The molecule has 0 aromatic heterocycles. The van der Waals surface area contributed by atoms with Crippen LogP contribution in [0.4, 0.5) is 13.2 Å². The average Bonchev–Trinajstić information content (AvgIpc) is 2.65. The molecule has 20 heavy (non-hydrogen) atoms. The number of carbonyl (C=O) groups excluding carboxylic acids is 1. The van der Waals surface area contributed by atoms with Crippen LogP contribution in [-0.2, 0) is 16.5 Å². The average molecular weight is 349 g/mol. The van der Waals surface area contributed by atoms with Gasteiger partial charge in [-0.05, 0) is 18.1 Å². The molecule has 1 aromatic carbocycles. The molecule has 0 heterocycles. The zero-order valence-corrected chi connectivity index (χ0v) is 11.8. The highest BCUT2D eigenvalue weighted by Gasteiger charge is 2.49. The summed E-state index contributed by atoms with van der Waals surface area (Å²) in [5.74, 6) is -1.40. The lowest BCUT2D eigenvalue weighted by Gasteiger charge is -2.14. The molecule has 10 heteroatoms. The Bertz CT molecular complexity index is 697. The fraction of sp³-hybridized carbons (Fsp3) is 0.300. The summed E-state index contributed by atoms with van der Waals surface area (Å²) < 4.78 is 63.0. The van der Waals surface area contributed by atoms with Gasteiger partial charge in [0.25, 0.3) is 0 Å². The molecule has 1 aliphatic rings. The van der Waals surface area contributed by atoms with E-state index >= 15 is 0 Å². The van der Waals surface area contributed by atoms with Crippen LogP contribution in [0.5, 0.6) is 5.75 Å². The molecule has 0 fully saturated rings. The quantitative estimate of drug-likeness (QED) is 0.607. The summed E-state index contributed by atoms with van der Waals surface area (Å²) in [6.07, 6.45) is 0.185. The molecule has 0 saturated heterocycles. The number of ketones is 1. The predicted octanol–water partition coefficient (Wildman–Crippen LogP) is 3.35. The van der Waals surface area contributed by atoms with E-state index in [0.717, 1.165) is 6.07 Å². The highest BCUT2D eigenvalue weighted by molar-refractivity contribution is 7.88. The number of benzene rings is 1. The summed E-state index contributed by atoms with van der Waals surface area (Å²) in [6.45, 7) is 0. The van der Waals surface area contributed by atoms with Gasteiger partial charge in [0.1, 0.15) is 0 Å². The maximum atomic E-state index is 12.3. The number of alkyl halides is 3. The van der Waals surface area contributed by atoms with Crippen molar-refractivity contribution in [1.82, 2.24) is 0 Å². The normalized spacial score (nSPS) is 15.3. The van der Waals surface area contributed by atoms with Crippen molar-refractivity contribution in [3.63, 3.8) is 0 Å². The Kier molecular flexibility index (Phi) is 3.68. The standard InChI is InChI=1S/C10H5Cl2F3O4S/c11-5-3-6(12)9(8-4(5)1-2-7(8)16)19-20(17,18)10(13,14)15/h3H,1-2H2. The van der Waals surface area contributed by atoms with E-state index in [1.54, 1.807) is 0 Å². The van der Waals surface area contributed by atoms with Crippen molar-refractivity contribution in [2.24, 2.45) is 0 Å². The lowest BCUT2D eigenvalue weighted by atomic mass is 10.1. The van der Waals surface area contributed by atoms with Crippen LogP contribution in [-0.4, -0.2) is 19.7 Å². The number of rotatable bonds is 2. The molecule has 110 valence electrons. The molecule has 2 rings (SSSR count). The van der Waals surface area contributed by atoms with Gasteiger partial charge in [0.2, 0.25) is 0 Å². The molecule has 1 aromatic rings. The third-order valence-electron chi connectivity index (χ3n) is 2.64. The van der Waals surface area contributed by atoms with Gasteiger partial charge in [0.05, 0.1) is 10.6 Å². The predicted molar refractivity (Wildman–Crippen MR) is 64.7 cm³/mol. The minimum Gasteiger partial charge on any atom is -0.374 e. The molecule has 0 saturated carbocycles. The van der Waals surface area contributed by atoms with Crippen molar-refractivity contribution >= 4 is 39.1 Å². The summed E-state index contributed by atoms with van der Waals surface area (Å²) in [5.41, 5.74) is -5.70. The minimum atomic E-state index is -5.91. The van der Waals surface area contributed by atoms with Crippen LogP contribution in [0.25, 0.3) is 0 Å². The number of halogens is 5. The first-order chi connectivity index (χ1) is 9.04. The van der Waals surface area contributed by atoms with Gasteiger partial charge in [0, 0.05) is 11.4 Å². The van der Waals surface area contributed by atoms with Gasteiger partial charge < -0.3 is 4.18 Å². The molecule has 0 spiro atoms. The van der Waals surface area contributed by atoms with E-state index in [1.165, 1.54) is 0 Å². The summed E-state index contributed by atoms with van der Waals surface area (Å²) in [5, 5.41) is -0.399. The van der Waals surface area contributed by atoms with Crippen LogP contribution in [0, 0.1) is 0 Å². The second-order valence-corrected chi connectivity index (χ2v) is 6.28. The van der Waals surface area contributed by atoms with Crippen molar-refractivity contribution in [1.29, 1.82) is 0 Å². The molecular weight excluding hydrogens is 344 g/mol. The Morgan fingerprint density at radius 3 is 2.30 bits per heavy atom. The molecule has 1 aliphatic carbocycles. The van der Waals surface area contributed by atoms with E-state index < -0.39 is 32.2 Å². The number of carbonyl (C=O) groups is 1. The van der Waals surface area contributed by atoms with Crippen LogP contribution < -0.4 is 4.18 Å². The number of hydrogen-bond acceptors (Lipinski definition) is 4. The van der Waals surface area contributed by atoms with Crippen molar-refractivity contribution in [2.45, 2.75) is 18.3 Å². The van der Waals surface area contributed by atoms with Crippen molar-refractivity contribution in [3.8, 4) is 5.75 Å². The van der Waals surface area contributed by atoms with Gasteiger partial charge >= 0.3 is 15.6 Å². The van der Waals surface area contributed by atoms with E-state index in [1.807, 2.05) is 0 Å². The van der Waals surface area contributed by atoms with Crippen LogP contribution in [0.1, 0.15) is 22.3 Å². The van der Waals surface area contributed by atoms with Crippen molar-refractivity contribution in [2.75, 3.05) is 0 Å². The number of Topliss-reactive ketones (excluding diaryl/α,β-unsaturated/α-hetero) is 1. The van der Waals surface area contributed by atoms with Gasteiger partial charge in [-0.25, -0.2) is 0 Å². The smallest absolute Gasteiger partial charge is 0.374 e. The lowest BCUT2D eigenvalue weighted by molar-refractivity contribution is -0.0500. The van der Waals surface area contributed by atoms with Crippen LogP contribution in [0.15, 0.2) is 6.07 Å². The number of hydrogen-bond donors (Lipinski definition) is 0. The first-order valence-electron chi connectivity index (χ1n) is 5.09. The summed E-state index contributed by atoms with van der Waals surface area (Å²) >= 11 is 11.5. The maximum Gasteiger partial charge on any atom is 0.534 e. The van der Waals surface area contributed by atoms with Crippen LogP contribution >= 0.6 is 23.2 Å². The fourth-order valence-corrected chi connectivity index (χ4v) is 2.91. The van der Waals surface area contributed by atoms with E-state index in [4.69, 9.17) is 23.2 Å². The molecule has 0 atom stereocenters. The molecule has 0 radical (unpaired) electrons. The van der Waals surface area contributed by atoms with Gasteiger partial charge in [-0.15, -0.1) is 0 Å². The molecule has 0 amide bonds. The Hall–Kier alpha value is -0.990. The van der Waals surface area contributed by atoms with E-state index in [0.29, 0.717) is 0 Å². The van der Waals surface area contributed by atoms with Gasteiger partial charge in [0.15, 0.2) is 11.5 Å². The summed E-state index contributed by atoms with van der Waals surface area (Å²) in [6, 6.07) is 1.04.